The van der Waals surface area contributed by atoms with Gasteiger partial charge in [0.1, 0.15) is 29.9 Å². The maximum absolute atomic E-state index is 14.2. The lowest BCUT2D eigenvalue weighted by Crippen LogP contribution is -2.58. The lowest BCUT2D eigenvalue weighted by atomic mass is 10.0. The van der Waals surface area contributed by atoms with E-state index in [4.69, 9.17) is 4.74 Å². The fourth-order valence-corrected chi connectivity index (χ4v) is 7.73. The molecular weight excluding hydrogens is 636 g/mol. The van der Waals surface area contributed by atoms with Crippen LogP contribution in [0.4, 0.5) is 0 Å². The van der Waals surface area contributed by atoms with Crippen molar-refractivity contribution in [2.45, 2.75) is 89.5 Å². The second-order valence-corrected chi connectivity index (χ2v) is 14.5. The zero-order valence-corrected chi connectivity index (χ0v) is 29.4. The average Bonchev–Trinajstić information content (AvgIpc) is 3.70. The van der Waals surface area contributed by atoms with E-state index < -0.39 is 41.9 Å². The minimum atomic E-state index is -0.947. The Morgan fingerprint density at radius 3 is 2.22 bits per heavy atom. The molecule has 5 aliphatic rings. The minimum absolute atomic E-state index is 0.163. The molecule has 7 rings (SSSR count). The lowest BCUT2D eigenvalue weighted by molar-refractivity contribution is -0.143. The molecule has 4 aliphatic heterocycles. The predicted octanol–water partition coefficient (Wildman–Crippen LogP) is 1.44. The molecule has 2 aromatic carbocycles. The van der Waals surface area contributed by atoms with E-state index in [0.29, 0.717) is 44.3 Å². The van der Waals surface area contributed by atoms with Crippen molar-refractivity contribution in [2.75, 3.05) is 39.3 Å². The largest absolute Gasteiger partial charge is 0.484 e. The van der Waals surface area contributed by atoms with Gasteiger partial charge in [0.15, 0.2) is 6.61 Å². The molecule has 0 unspecified atom stereocenters. The summed E-state index contributed by atoms with van der Waals surface area (Å²) in [6, 6.07) is 12.7. The molecule has 5 amide bonds. The van der Waals surface area contributed by atoms with Crippen molar-refractivity contribution >= 4 is 29.5 Å². The Morgan fingerprint density at radius 1 is 0.800 bits per heavy atom. The van der Waals surface area contributed by atoms with E-state index >= 15 is 0 Å². The lowest BCUT2D eigenvalue weighted by Gasteiger charge is -2.31. The van der Waals surface area contributed by atoms with Gasteiger partial charge in [-0.25, -0.2) is 0 Å². The summed E-state index contributed by atoms with van der Waals surface area (Å²) in [5.41, 5.74) is 3.61. The SMILES string of the molecule is CC(C)[C@H]1NC(=O)COc2ccc(cc2)C[C@@H](C(=O)N2CCCN(C3Cc4ccccc4C3)CC2)NC(=O)[C@H](C)NC(=O)[C@@H]2CCCN2C1=O. The van der Waals surface area contributed by atoms with Gasteiger partial charge >= 0.3 is 0 Å². The van der Waals surface area contributed by atoms with E-state index in [0.717, 1.165) is 37.9 Å². The van der Waals surface area contributed by atoms with Crippen molar-refractivity contribution in [3.05, 3.63) is 65.2 Å². The molecule has 2 bridgehead atoms. The van der Waals surface area contributed by atoms with E-state index in [9.17, 15) is 24.0 Å². The summed E-state index contributed by atoms with van der Waals surface area (Å²) in [7, 11) is 0. The summed E-state index contributed by atoms with van der Waals surface area (Å²) in [6.45, 7) is 8.15. The summed E-state index contributed by atoms with van der Waals surface area (Å²) in [5, 5.41) is 8.54. The van der Waals surface area contributed by atoms with Gasteiger partial charge in [0.05, 0.1) is 0 Å². The first-order chi connectivity index (χ1) is 24.1. The van der Waals surface area contributed by atoms with E-state index in [2.05, 4.69) is 45.1 Å². The zero-order chi connectivity index (χ0) is 35.4. The standard InChI is InChI=1S/C38H50N6O6/c1-24(2)34-38(49)44-17-6-10-32(44)36(47)39-25(3)35(46)40-31(20-26-11-13-30(14-12-26)50-23-33(45)41-34)37(48)43-16-7-15-42(18-19-43)29-21-27-8-4-5-9-28(27)22-29/h4-5,8-9,11-14,24-25,29,31-32,34H,6-7,10,15-23H2,1-3H3,(H,39,47)(H,40,46)(H,41,45)/t25-,31-,32-,34+/m0/s1. The predicted molar refractivity (Wildman–Crippen MR) is 187 cm³/mol. The van der Waals surface area contributed by atoms with Gasteiger partial charge in [-0.1, -0.05) is 50.2 Å². The van der Waals surface area contributed by atoms with Crippen LogP contribution in [0.15, 0.2) is 48.5 Å². The fourth-order valence-electron chi connectivity index (χ4n) is 7.73. The summed E-state index contributed by atoms with van der Waals surface area (Å²) < 4.78 is 5.74. The van der Waals surface area contributed by atoms with Gasteiger partial charge in [0.25, 0.3) is 5.91 Å². The van der Waals surface area contributed by atoms with Crippen LogP contribution >= 0.6 is 0 Å². The van der Waals surface area contributed by atoms with Crippen molar-refractivity contribution in [2.24, 2.45) is 5.92 Å². The Morgan fingerprint density at radius 2 is 1.52 bits per heavy atom. The van der Waals surface area contributed by atoms with Gasteiger partial charge in [0.2, 0.25) is 23.6 Å². The van der Waals surface area contributed by atoms with Gasteiger partial charge < -0.3 is 30.5 Å². The first kappa shape index (κ1) is 35.4. The monoisotopic (exact) mass is 686 g/mol. The van der Waals surface area contributed by atoms with Crippen LogP contribution in [0.2, 0.25) is 0 Å². The number of rotatable bonds is 3. The molecule has 0 spiro atoms. The highest BCUT2D eigenvalue weighted by atomic mass is 16.5. The summed E-state index contributed by atoms with van der Waals surface area (Å²) in [6.07, 6.45) is 4.18. The molecule has 4 heterocycles. The molecule has 0 aromatic heterocycles. The van der Waals surface area contributed by atoms with Crippen molar-refractivity contribution in [3.8, 4) is 5.75 Å². The smallest absolute Gasteiger partial charge is 0.258 e. The van der Waals surface area contributed by atoms with Crippen LogP contribution in [0.5, 0.6) is 5.75 Å². The molecule has 12 heteroatoms. The second-order valence-electron chi connectivity index (χ2n) is 14.5. The van der Waals surface area contributed by atoms with Gasteiger partial charge in [-0.2, -0.15) is 0 Å². The van der Waals surface area contributed by atoms with Crippen molar-refractivity contribution in [1.29, 1.82) is 0 Å². The Bertz CT molecular complexity index is 1550. The molecular formula is C38H50N6O6. The molecule has 0 radical (unpaired) electrons. The van der Waals surface area contributed by atoms with Crippen LogP contribution in [0.25, 0.3) is 0 Å². The highest BCUT2D eigenvalue weighted by Crippen LogP contribution is 2.27. The topological polar surface area (TPSA) is 140 Å². The van der Waals surface area contributed by atoms with Crippen LogP contribution in [-0.2, 0) is 43.2 Å². The molecule has 12 nitrogen and oxygen atoms in total. The highest BCUT2D eigenvalue weighted by Gasteiger charge is 2.40. The van der Waals surface area contributed by atoms with Crippen molar-refractivity contribution in [1.82, 2.24) is 30.7 Å². The number of hydrogen-bond donors (Lipinski definition) is 3. The third kappa shape index (κ3) is 8.12. The molecule has 2 saturated heterocycles. The number of amides is 5. The van der Waals surface area contributed by atoms with E-state index in [1.165, 1.54) is 16.0 Å². The maximum atomic E-state index is 14.2. The minimum Gasteiger partial charge on any atom is -0.484 e. The van der Waals surface area contributed by atoms with E-state index in [1.807, 2.05) is 30.9 Å². The number of fused-ring (bicyclic) bond motifs is 14. The third-order valence-corrected chi connectivity index (χ3v) is 10.6. The van der Waals surface area contributed by atoms with E-state index in [1.54, 1.807) is 19.1 Å². The van der Waals surface area contributed by atoms with E-state index in [-0.39, 0.29) is 30.8 Å². The number of benzene rings is 2. The first-order valence-corrected chi connectivity index (χ1v) is 18.1. The molecule has 0 saturated carbocycles. The van der Waals surface area contributed by atoms with Crippen LogP contribution in [0, 0.1) is 5.92 Å². The van der Waals surface area contributed by atoms with Crippen LogP contribution in [0.1, 0.15) is 56.7 Å². The van der Waals surface area contributed by atoms with Crippen LogP contribution in [-0.4, -0.2) is 114 Å². The molecule has 2 fully saturated rings. The van der Waals surface area contributed by atoms with Gasteiger partial charge in [-0.15, -0.1) is 0 Å². The average molecular weight is 687 g/mol. The molecule has 2 aromatic rings. The zero-order valence-electron chi connectivity index (χ0n) is 29.4. The number of ether oxygens (including phenoxy) is 1. The Kier molecular flexibility index (Phi) is 11.1. The van der Waals surface area contributed by atoms with Gasteiger partial charge in [-0.05, 0) is 73.8 Å². The quantitative estimate of drug-likeness (QED) is 0.444. The molecule has 3 N–H and O–H groups in total. The molecule has 50 heavy (non-hydrogen) atoms. The number of nitrogens with zero attached hydrogens (tertiary/aromatic N) is 3. The third-order valence-electron chi connectivity index (χ3n) is 10.6. The van der Waals surface area contributed by atoms with Crippen molar-refractivity contribution < 1.29 is 28.7 Å². The number of carbonyl (C=O) groups is 5. The van der Waals surface area contributed by atoms with Gasteiger partial charge in [0, 0.05) is 45.2 Å². The summed E-state index contributed by atoms with van der Waals surface area (Å²) >= 11 is 0. The normalized spacial score (nSPS) is 26.2. The van der Waals surface area contributed by atoms with Crippen molar-refractivity contribution in [3.63, 3.8) is 0 Å². The number of hydrogen-bond acceptors (Lipinski definition) is 7. The Balaban J connectivity index is 1.18. The number of nitrogens with one attached hydrogen (secondary N) is 3. The Labute approximate surface area is 294 Å². The first-order valence-electron chi connectivity index (χ1n) is 18.1. The fraction of sp³-hybridized carbons (Fsp3) is 0.553. The summed E-state index contributed by atoms with van der Waals surface area (Å²) in [5.74, 6) is -1.62. The van der Waals surface area contributed by atoms with Crippen LogP contribution < -0.4 is 20.7 Å². The maximum Gasteiger partial charge on any atom is 0.258 e. The number of carbonyl (C=O) groups excluding carboxylic acids is 5. The summed E-state index contributed by atoms with van der Waals surface area (Å²) in [4.78, 5) is 73.7. The van der Waals surface area contributed by atoms with Crippen LogP contribution in [0.3, 0.4) is 0 Å². The molecule has 1 aliphatic carbocycles. The molecule has 4 atom stereocenters. The second kappa shape index (κ2) is 15.6. The highest BCUT2D eigenvalue weighted by molar-refractivity contribution is 5.96. The Hall–Kier alpha value is -4.45. The molecule has 268 valence electrons. The van der Waals surface area contributed by atoms with Gasteiger partial charge in [-0.3, -0.25) is 28.9 Å².